The van der Waals surface area contributed by atoms with Crippen LogP contribution in [0.2, 0.25) is 0 Å². The van der Waals surface area contributed by atoms with E-state index in [4.69, 9.17) is 4.98 Å². The molecule has 3 aromatic rings. The normalized spacial score (nSPS) is 11.6. The number of nitriles is 1. The molecule has 1 atom stereocenters. The molecule has 0 unspecified atom stereocenters. The highest BCUT2D eigenvalue weighted by Crippen LogP contribution is 2.27. The largest absolute Gasteiger partial charge is 0.356 e. The molecular formula is C22H23N5O. The highest BCUT2D eigenvalue weighted by molar-refractivity contribution is 5.88. The summed E-state index contributed by atoms with van der Waals surface area (Å²) in [7, 11) is 0. The van der Waals surface area contributed by atoms with E-state index in [1.165, 1.54) is 0 Å². The molecule has 1 heterocycles. The second-order valence-electron chi connectivity index (χ2n) is 6.36. The Morgan fingerprint density at radius 1 is 1.04 bits per heavy atom. The molecule has 0 fully saturated rings. The summed E-state index contributed by atoms with van der Waals surface area (Å²) < 4.78 is 0. The van der Waals surface area contributed by atoms with E-state index in [1.54, 1.807) is 0 Å². The van der Waals surface area contributed by atoms with Gasteiger partial charge >= 0.3 is 0 Å². The van der Waals surface area contributed by atoms with Crippen LogP contribution in [0.15, 0.2) is 54.6 Å². The molecule has 0 bridgehead atoms. The number of amides is 1. The van der Waals surface area contributed by atoms with Gasteiger partial charge in [-0.3, -0.25) is 4.79 Å². The first-order chi connectivity index (χ1) is 13.7. The Kier molecular flexibility index (Phi) is 6.18. The van der Waals surface area contributed by atoms with Crippen molar-refractivity contribution in [3.8, 4) is 6.07 Å². The summed E-state index contributed by atoms with van der Waals surface area (Å²) in [6, 6.07) is 19.2. The van der Waals surface area contributed by atoms with Crippen molar-refractivity contribution in [1.82, 2.24) is 15.3 Å². The number of benzene rings is 2. The van der Waals surface area contributed by atoms with E-state index in [0.717, 1.165) is 11.1 Å². The van der Waals surface area contributed by atoms with E-state index in [0.29, 0.717) is 36.7 Å². The van der Waals surface area contributed by atoms with Gasteiger partial charge in [-0.15, -0.1) is 0 Å². The molecule has 0 saturated heterocycles. The van der Waals surface area contributed by atoms with Gasteiger partial charge in [0.1, 0.15) is 5.69 Å². The summed E-state index contributed by atoms with van der Waals surface area (Å²) in [5, 5.41) is 12.6. The molecule has 0 aliphatic rings. The summed E-state index contributed by atoms with van der Waals surface area (Å²) >= 11 is 0. The lowest BCUT2D eigenvalue weighted by Crippen LogP contribution is -2.32. The number of fused-ring (bicyclic) bond motifs is 1. The number of aromatic nitrogens is 2. The van der Waals surface area contributed by atoms with Crippen LogP contribution in [-0.4, -0.2) is 29.0 Å². The summed E-state index contributed by atoms with van der Waals surface area (Å²) in [4.78, 5) is 24.2. The number of carbonyl (C=O) groups excluding carboxylic acids is 1. The average Bonchev–Trinajstić information content (AvgIpc) is 2.74. The molecule has 0 aliphatic carbocycles. The Balaban J connectivity index is 1.97. The number of anilines is 1. The molecule has 1 aromatic heterocycles. The molecule has 6 nitrogen and oxygen atoms in total. The Bertz CT molecular complexity index is 993. The minimum atomic E-state index is -1.03. The number of para-hydroxylation sites is 2. The van der Waals surface area contributed by atoms with E-state index in [-0.39, 0.29) is 5.91 Å². The van der Waals surface area contributed by atoms with Crippen LogP contribution in [-0.2, 0) is 11.3 Å². The first kappa shape index (κ1) is 19.3. The van der Waals surface area contributed by atoms with Crippen LogP contribution < -0.4 is 10.2 Å². The Labute approximate surface area is 164 Å². The number of hydrogen-bond acceptors (Lipinski definition) is 5. The number of hydrogen-bond donors (Lipinski definition) is 1. The lowest BCUT2D eigenvalue weighted by molar-refractivity contribution is -0.121. The number of nitrogens with zero attached hydrogens (tertiary/aromatic N) is 4. The maximum absolute atomic E-state index is 12.8. The predicted octanol–water partition coefficient (Wildman–Crippen LogP) is 3.40. The van der Waals surface area contributed by atoms with Gasteiger partial charge in [-0.1, -0.05) is 42.5 Å². The second-order valence-corrected chi connectivity index (χ2v) is 6.36. The molecule has 28 heavy (non-hydrogen) atoms. The van der Waals surface area contributed by atoms with Crippen LogP contribution >= 0.6 is 0 Å². The van der Waals surface area contributed by atoms with Gasteiger partial charge in [0.2, 0.25) is 5.91 Å². The van der Waals surface area contributed by atoms with Crippen LogP contribution in [0.3, 0.4) is 0 Å². The summed E-state index contributed by atoms with van der Waals surface area (Å²) in [6.07, 6.45) is 0. The summed E-state index contributed by atoms with van der Waals surface area (Å²) in [5.74, 6) is -0.814. The smallest absolute Gasteiger partial charge is 0.243 e. The van der Waals surface area contributed by atoms with Crippen molar-refractivity contribution < 1.29 is 4.79 Å². The number of nitrogens with one attached hydrogen (secondary N) is 1. The Hall–Kier alpha value is -3.46. The molecule has 142 valence electrons. The predicted molar refractivity (Wildman–Crippen MR) is 110 cm³/mol. The lowest BCUT2D eigenvalue weighted by atomic mass is 10.0. The van der Waals surface area contributed by atoms with Gasteiger partial charge in [0.25, 0.3) is 0 Å². The van der Waals surface area contributed by atoms with Crippen molar-refractivity contribution in [3.63, 3.8) is 0 Å². The highest BCUT2D eigenvalue weighted by atomic mass is 16.1. The SMILES string of the molecule is CCN(CC)c1nc2ccccc2nc1[C@H](C#N)C(=O)NCc1ccccc1. The minimum Gasteiger partial charge on any atom is -0.356 e. The zero-order chi connectivity index (χ0) is 19.9. The fourth-order valence-corrected chi connectivity index (χ4v) is 3.08. The van der Waals surface area contributed by atoms with Gasteiger partial charge in [-0.05, 0) is 31.5 Å². The molecule has 0 saturated carbocycles. The summed E-state index contributed by atoms with van der Waals surface area (Å²) in [5.41, 5.74) is 2.79. The van der Waals surface area contributed by atoms with Gasteiger partial charge in [-0.2, -0.15) is 5.26 Å². The fourth-order valence-electron chi connectivity index (χ4n) is 3.08. The van der Waals surface area contributed by atoms with Gasteiger partial charge in [0.05, 0.1) is 17.1 Å². The topological polar surface area (TPSA) is 81.9 Å². The first-order valence-electron chi connectivity index (χ1n) is 9.40. The number of carbonyl (C=O) groups is 1. The zero-order valence-corrected chi connectivity index (χ0v) is 16.1. The third-order valence-electron chi connectivity index (χ3n) is 4.62. The highest BCUT2D eigenvalue weighted by Gasteiger charge is 2.28. The molecular weight excluding hydrogens is 350 g/mol. The quantitative estimate of drug-likeness (QED) is 0.686. The third kappa shape index (κ3) is 4.09. The van der Waals surface area contributed by atoms with Crippen molar-refractivity contribution in [3.05, 3.63) is 65.9 Å². The van der Waals surface area contributed by atoms with E-state index in [1.807, 2.05) is 73.3 Å². The van der Waals surface area contributed by atoms with E-state index in [2.05, 4.69) is 16.4 Å². The van der Waals surface area contributed by atoms with E-state index < -0.39 is 5.92 Å². The van der Waals surface area contributed by atoms with Crippen molar-refractivity contribution in [2.45, 2.75) is 26.3 Å². The maximum Gasteiger partial charge on any atom is 0.243 e. The molecule has 1 N–H and O–H groups in total. The molecule has 1 amide bonds. The van der Waals surface area contributed by atoms with Crippen molar-refractivity contribution in [2.75, 3.05) is 18.0 Å². The number of rotatable bonds is 7. The third-order valence-corrected chi connectivity index (χ3v) is 4.62. The lowest BCUT2D eigenvalue weighted by Gasteiger charge is -2.24. The van der Waals surface area contributed by atoms with Crippen LogP contribution in [0.4, 0.5) is 5.82 Å². The van der Waals surface area contributed by atoms with E-state index in [9.17, 15) is 10.1 Å². The van der Waals surface area contributed by atoms with Crippen molar-refractivity contribution in [1.29, 1.82) is 5.26 Å². The van der Waals surface area contributed by atoms with Crippen molar-refractivity contribution >= 4 is 22.8 Å². The molecule has 2 aromatic carbocycles. The molecule has 0 spiro atoms. The zero-order valence-electron chi connectivity index (χ0n) is 16.1. The van der Waals surface area contributed by atoms with E-state index >= 15 is 0 Å². The molecule has 0 aliphatic heterocycles. The van der Waals surface area contributed by atoms with Crippen LogP contribution in [0, 0.1) is 11.3 Å². The average molecular weight is 373 g/mol. The minimum absolute atomic E-state index is 0.361. The van der Waals surface area contributed by atoms with Gasteiger partial charge < -0.3 is 10.2 Å². The van der Waals surface area contributed by atoms with Crippen molar-refractivity contribution in [2.24, 2.45) is 0 Å². The molecule has 0 radical (unpaired) electrons. The fraction of sp³-hybridized carbons (Fsp3) is 0.273. The maximum atomic E-state index is 12.8. The second kappa shape index (κ2) is 8.96. The van der Waals surface area contributed by atoms with Crippen LogP contribution in [0.25, 0.3) is 11.0 Å². The monoisotopic (exact) mass is 373 g/mol. The first-order valence-corrected chi connectivity index (χ1v) is 9.40. The molecule has 3 rings (SSSR count). The van der Waals surface area contributed by atoms with Crippen LogP contribution in [0.1, 0.15) is 31.0 Å². The van der Waals surface area contributed by atoms with Gasteiger partial charge in [0.15, 0.2) is 11.7 Å². The standard InChI is InChI=1S/C22H23N5O/c1-3-27(4-2)21-20(25-18-12-8-9-13-19(18)26-21)17(14-23)22(28)24-15-16-10-6-5-7-11-16/h5-13,17H,3-4,15H2,1-2H3,(H,24,28)/t17-/m0/s1. The van der Waals surface area contributed by atoms with Crippen LogP contribution in [0.5, 0.6) is 0 Å². The van der Waals surface area contributed by atoms with Gasteiger partial charge in [0, 0.05) is 19.6 Å². The van der Waals surface area contributed by atoms with Gasteiger partial charge in [-0.25, -0.2) is 9.97 Å². The Morgan fingerprint density at radius 2 is 1.64 bits per heavy atom. The Morgan fingerprint density at radius 3 is 2.25 bits per heavy atom. The molecule has 6 heteroatoms. The summed E-state index contributed by atoms with van der Waals surface area (Å²) in [6.45, 7) is 5.81.